The third kappa shape index (κ3) is 2.59. The van der Waals surface area contributed by atoms with Crippen molar-refractivity contribution in [1.82, 2.24) is 15.2 Å². The molecule has 1 N–H and O–H groups in total. The third-order valence-electron chi connectivity index (χ3n) is 4.00. The van der Waals surface area contributed by atoms with Crippen LogP contribution in [0.4, 0.5) is 0 Å². The summed E-state index contributed by atoms with van der Waals surface area (Å²) in [4.78, 5) is 41.7. The van der Waals surface area contributed by atoms with E-state index in [-0.39, 0.29) is 17.5 Å². The second-order valence-corrected chi connectivity index (χ2v) is 5.39. The number of benzene rings is 1. The Morgan fingerprint density at radius 1 is 1.13 bits per heavy atom. The zero-order valence-electron chi connectivity index (χ0n) is 12.7. The Kier molecular flexibility index (Phi) is 3.65. The third-order valence-corrected chi connectivity index (χ3v) is 4.00. The molecule has 6 heteroatoms. The van der Waals surface area contributed by atoms with Crippen molar-refractivity contribution in [3.05, 3.63) is 65.0 Å². The molecular formula is C17H15N3O3. The zero-order valence-corrected chi connectivity index (χ0v) is 12.7. The van der Waals surface area contributed by atoms with Gasteiger partial charge in [0.05, 0.1) is 22.9 Å². The minimum absolute atomic E-state index is 0.215. The van der Waals surface area contributed by atoms with Crippen LogP contribution in [0.25, 0.3) is 0 Å². The molecule has 3 amide bonds. The Morgan fingerprint density at radius 3 is 2.57 bits per heavy atom. The van der Waals surface area contributed by atoms with Crippen LogP contribution in [0.2, 0.25) is 0 Å². The summed E-state index contributed by atoms with van der Waals surface area (Å²) >= 11 is 0. The summed E-state index contributed by atoms with van der Waals surface area (Å²) in [6, 6.07) is 9.83. The van der Waals surface area contributed by atoms with Crippen LogP contribution in [0.15, 0.2) is 42.6 Å². The standard InChI is InChI=1S/C17H15N3O3/c1-10(14-5-3-4-8-18-14)20(2)17(23)11-6-7-12-13(9-11)16(22)19-15(12)21/h3-10H,1-2H3,(H,19,21,22)/t10-/m1/s1. The minimum Gasteiger partial charge on any atom is -0.333 e. The van der Waals surface area contributed by atoms with Crippen LogP contribution < -0.4 is 5.32 Å². The monoisotopic (exact) mass is 309 g/mol. The van der Waals surface area contributed by atoms with Crippen molar-refractivity contribution in [3.63, 3.8) is 0 Å². The number of hydrogen-bond acceptors (Lipinski definition) is 4. The molecule has 1 aromatic carbocycles. The van der Waals surface area contributed by atoms with Gasteiger partial charge in [-0.1, -0.05) is 6.07 Å². The fourth-order valence-corrected chi connectivity index (χ4v) is 2.50. The topological polar surface area (TPSA) is 79.4 Å². The van der Waals surface area contributed by atoms with Gasteiger partial charge >= 0.3 is 0 Å². The summed E-state index contributed by atoms with van der Waals surface area (Å²) < 4.78 is 0. The molecule has 2 aromatic rings. The first-order valence-corrected chi connectivity index (χ1v) is 7.17. The molecule has 23 heavy (non-hydrogen) atoms. The second kappa shape index (κ2) is 5.64. The number of amides is 3. The Morgan fingerprint density at radius 2 is 1.87 bits per heavy atom. The van der Waals surface area contributed by atoms with Gasteiger partial charge in [0.25, 0.3) is 17.7 Å². The molecular weight excluding hydrogens is 294 g/mol. The molecule has 116 valence electrons. The van der Waals surface area contributed by atoms with Gasteiger partial charge in [-0.2, -0.15) is 0 Å². The van der Waals surface area contributed by atoms with Crippen molar-refractivity contribution in [1.29, 1.82) is 0 Å². The molecule has 1 aromatic heterocycles. The molecule has 0 fully saturated rings. The van der Waals surface area contributed by atoms with Gasteiger partial charge in [0.15, 0.2) is 0 Å². The molecule has 6 nitrogen and oxygen atoms in total. The quantitative estimate of drug-likeness (QED) is 0.877. The van der Waals surface area contributed by atoms with Gasteiger partial charge in [-0.05, 0) is 37.3 Å². The Labute approximate surface area is 133 Å². The highest BCUT2D eigenvalue weighted by atomic mass is 16.2. The van der Waals surface area contributed by atoms with E-state index in [0.29, 0.717) is 11.1 Å². The summed E-state index contributed by atoms with van der Waals surface area (Å²) in [5.74, 6) is -1.14. The molecule has 0 bridgehead atoms. The number of hydrogen-bond donors (Lipinski definition) is 1. The van der Waals surface area contributed by atoms with Crippen molar-refractivity contribution in [2.75, 3.05) is 7.05 Å². The van der Waals surface area contributed by atoms with E-state index in [0.717, 1.165) is 5.69 Å². The first-order valence-electron chi connectivity index (χ1n) is 7.17. The number of nitrogens with one attached hydrogen (secondary N) is 1. The Hall–Kier alpha value is -3.02. The van der Waals surface area contributed by atoms with Crippen LogP contribution in [-0.4, -0.2) is 34.7 Å². The molecule has 0 unspecified atom stereocenters. The fourth-order valence-electron chi connectivity index (χ4n) is 2.50. The van der Waals surface area contributed by atoms with Crippen molar-refractivity contribution >= 4 is 17.7 Å². The van der Waals surface area contributed by atoms with Crippen LogP contribution in [0.3, 0.4) is 0 Å². The smallest absolute Gasteiger partial charge is 0.258 e. The molecule has 0 aliphatic carbocycles. The van der Waals surface area contributed by atoms with Crippen LogP contribution in [-0.2, 0) is 0 Å². The molecule has 0 saturated heterocycles. The molecule has 1 aliphatic heterocycles. The van der Waals surface area contributed by atoms with E-state index >= 15 is 0 Å². The fraction of sp³-hybridized carbons (Fsp3) is 0.176. The predicted octanol–water partition coefficient (Wildman–Crippen LogP) is 1.80. The number of carbonyl (C=O) groups is 3. The molecule has 3 rings (SSSR count). The molecule has 0 saturated carbocycles. The number of fused-ring (bicyclic) bond motifs is 1. The van der Waals surface area contributed by atoms with Gasteiger partial charge in [-0.3, -0.25) is 24.7 Å². The highest BCUT2D eigenvalue weighted by molar-refractivity contribution is 6.22. The second-order valence-electron chi connectivity index (χ2n) is 5.39. The first-order chi connectivity index (χ1) is 11.0. The average molecular weight is 309 g/mol. The minimum atomic E-state index is -0.472. The van der Waals surface area contributed by atoms with E-state index in [9.17, 15) is 14.4 Å². The summed E-state index contributed by atoms with van der Waals surface area (Å²) in [5.41, 5.74) is 1.67. The molecule has 0 radical (unpaired) electrons. The van der Waals surface area contributed by atoms with Gasteiger partial charge in [0.1, 0.15) is 0 Å². The molecule has 0 spiro atoms. The zero-order chi connectivity index (χ0) is 16.6. The first kappa shape index (κ1) is 14.9. The highest BCUT2D eigenvalue weighted by Gasteiger charge is 2.28. The maximum atomic E-state index is 12.6. The van der Waals surface area contributed by atoms with E-state index < -0.39 is 11.8 Å². The van der Waals surface area contributed by atoms with Gasteiger partial charge in [-0.15, -0.1) is 0 Å². The maximum Gasteiger partial charge on any atom is 0.258 e. The van der Waals surface area contributed by atoms with Gasteiger partial charge in [0, 0.05) is 18.8 Å². The predicted molar refractivity (Wildman–Crippen MR) is 83.0 cm³/mol. The Bertz CT molecular complexity index is 802. The van der Waals surface area contributed by atoms with E-state index in [1.54, 1.807) is 24.2 Å². The lowest BCUT2D eigenvalue weighted by atomic mass is 10.0. The lowest BCUT2D eigenvalue weighted by Crippen LogP contribution is -2.30. The summed E-state index contributed by atoms with van der Waals surface area (Å²) in [6.45, 7) is 1.88. The van der Waals surface area contributed by atoms with E-state index in [2.05, 4.69) is 10.3 Å². The van der Waals surface area contributed by atoms with Gasteiger partial charge in [-0.25, -0.2) is 0 Å². The van der Waals surface area contributed by atoms with Crippen LogP contribution in [0.1, 0.15) is 49.7 Å². The summed E-state index contributed by atoms with van der Waals surface area (Å²) in [5, 5.41) is 2.21. The largest absolute Gasteiger partial charge is 0.333 e. The van der Waals surface area contributed by atoms with Crippen LogP contribution in [0.5, 0.6) is 0 Å². The molecule has 1 aliphatic rings. The lowest BCUT2D eigenvalue weighted by molar-refractivity contribution is 0.0739. The highest BCUT2D eigenvalue weighted by Crippen LogP contribution is 2.22. The number of carbonyl (C=O) groups excluding carboxylic acids is 3. The molecule has 1 atom stereocenters. The van der Waals surface area contributed by atoms with Crippen LogP contribution in [0, 0.1) is 0 Å². The number of nitrogens with zero attached hydrogens (tertiary/aromatic N) is 2. The van der Waals surface area contributed by atoms with Gasteiger partial charge in [0.2, 0.25) is 0 Å². The van der Waals surface area contributed by atoms with Crippen LogP contribution >= 0.6 is 0 Å². The number of aromatic nitrogens is 1. The number of imide groups is 1. The van der Waals surface area contributed by atoms with Crippen molar-refractivity contribution in [2.45, 2.75) is 13.0 Å². The SMILES string of the molecule is C[C@H](c1ccccn1)N(C)C(=O)c1ccc2c(c1)C(=O)NC2=O. The Balaban J connectivity index is 1.88. The van der Waals surface area contributed by atoms with E-state index in [4.69, 9.17) is 0 Å². The van der Waals surface area contributed by atoms with Gasteiger partial charge < -0.3 is 4.90 Å². The number of rotatable bonds is 3. The molecule has 2 heterocycles. The van der Waals surface area contributed by atoms with Crippen molar-refractivity contribution in [3.8, 4) is 0 Å². The maximum absolute atomic E-state index is 12.6. The summed E-state index contributed by atoms with van der Waals surface area (Å²) in [7, 11) is 1.68. The normalized spacial score (nSPS) is 14.2. The number of pyridine rings is 1. The van der Waals surface area contributed by atoms with E-state index in [1.165, 1.54) is 12.1 Å². The van der Waals surface area contributed by atoms with E-state index in [1.807, 2.05) is 25.1 Å². The van der Waals surface area contributed by atoms with Crippen molar-refractivity contribution < 1.29 is 14.4 Å². The average Bonchev–Trinajstić information content (AvgIpc) is 2.87. The summed E-state index contributed by atoms with van der Waals surface area (Å²) in [6.07, 6.45) is 1.68. The van der Waals surface area contributed by atoms with Crippen molar-refractivity contribution in [2.24, 2.45) is 0 Å². The lowest BCUT2D eigenvalue weighted by Gasteiger charge is -2.24.